The molecule has 1 atom stereocenters. The summed E-state index contributed by atoms with van der Waals surface area (Å²) in [6.07, 6.45) is 27.4. The van der Waals surface area contributed by atoms with Gasteiger partial charge in [0, 0.05) is 12.8 Å². The Morgan fingerprint density at radius 3 is 0.975 bits per heavy atom. The fourth-order valence-corrected chi connectivity index (χ4v) is 5.04. The van der Waals surface area contributed by atoms with Crippen LogP contribution in [-0.4, -0.2) is 36.4 Å². The summed E-state index contributed by atoms with van der Waals surface area (Å²) in [6.45, 7) is 8.92. The molecule has 238 valence electrons. The second kappa shape index (κ2) is 29.4. The van der Waals surface area contributed by atoms with Gasteiger partial charge in [-0.2, -0.15) is 0 Å². The second-order valence-corrected chi connectivity index (χ2v) is 13.0. The number of carbonyl (C=O) groups is 2. The molecule has 0 amide bonds. The van der Waals surface area contributed by atoms with Gasteiger partial charge >= 0.3 is 11.9 Å². The Bertz CT molecular complexity index is 560. The average molecular weight is 569 g/mol. The molecular formula is C35H68O5. The first-order valence-electron chi connectivity index (χ1n) is 17.3. The predicted molar refractivity (Wildman–Crippen MR) is 168 cm³/mol. The van der Waals surface area contributed by atoms with E-state index in [1.807, 2.05) is 0 Å². The molecule has 0 bridgehead atoms. The highest BCUT2D eigenvalue weighted by Gasteiger charge is 2.12. The molecule has 40 heavy (non-hydrogen) atoms. The summed E-state index contributed by atoms with van der Waals surface area (Å²) >= 11 is 0. The lowest BCUT2D eigenvalue weighted by Crippen LogP contribution is -2.25. The van der Waals surface area contributed by atoms with Crippen molar-refractivity contribution in [3.8, 4) is 0 Å². The minimum absolute atomic E-state index is 0.110. The SMILES string of the molecule is CC(C)CCCCCCCCCCCCCCCCC(=O)OC[C@H](O)COC(=O)CCCCCCCCC(C)C. The fraction of sp³-hybridized carbons (Fsp3) is 0.943. The third-order valence-electron chi connectivity index (χ3n) is 7.70. The second-order valence-electron chi connectivity index (χ2n) is 13.0. The first kappa shape index (κ1) is 38.9. The molecule has 0 heterocycles. The van der Waals surface area contributed by atoms with Crippen molar-refractivity contribution in [3.63, 3.8) is 0 Å². The molecule has 0 saturated carbocycles. The molecule has 5 heteroatoms. The molecule has 5 nitrogen and oxygen atoms in total. The van der Waals surface area contributed by atoms with E-state index in [1.165, 1.54) is 109 Å². The Hall–Kier alpha value is -1.10. The standard InChI is InChI=1S/C35H68O5/c1-31(2)25-21-17-13-11-9-7-5-6-8-10-12-14-19-23-27-34(37)39-29-33(36)30-40-35(38)28-24-20-16-15-18-22-26-32(3)4/h31-33,36H,5-30H2,1-4H3/t33-/m0/s1. The van der Waals surface area contributed by atoms with E-state index < -0.39 is 6.10 Å². The number of esters is 2. The minimum Gasteiger partial charge on any atom is -0.463 e. The first-order chi connectivity index (χ1) is 19.3. The summed E-state index contributed by atoms with van der Waals surface area (Å²) in [6, 6.07) is 0. The Morgan fingerprint density at radius 2 is 0.700 bits per heavy atom. The lowest BCUT2D eigenvalue weighted by Gasteiger charge is -2.12. The molecule has 0 spiro atoms. The van der Waals surface area contributed by atoms with Crippen LogP contribution >= 0.6 is 0 Å². The summed E-state index contributed by atoms with van der Waals surface area (Å²) in [5, 5.41) is 9.94. The Balaban J connectivity index is 3.39. The van der Waals surface area contributed by atoms with E-state index in [4.69, 9.17) is 9.47 Å². The number of hydrogen-bond acceptors (Lipinski definition) is 5. The van der Waals surface area contributed by atoms with Crippen LogP contribution in [0.3, 0.4) is 0 Å². The number of ether oxygens (including phenoxy) is 2. The third kappa shape index (κ3) is 31.4. The van der Waals surface area contributed by atoms with Crippen LogP contribution in [-0.2, 0) is 19.1 Å². The van der Waals surface area contributed by atoms with Crippen molar-refractivity contribution < 1.29 is 24.2 Å². The van der Waals surface area contributed by atoms with E-state index in [1.54, 1.807) is 0 Å². The highest BCUT2D eigenvalue weighted by Crippen LogP contribution is 2.15. The maximum atomic E-state index is 11.9. The van der Waals surface area contributed by atoms with E-state index in [0.717, 1.165) is 43.9 Å². The summed E-state index contributed by atoms with van der Waals surface area (Å²) in [7, 11) is 0. The van der Waals surface area contributed by atoms with E-state index in [0.29, 0.717) is 12.8 Å². The maximum absolute atomic E-state index is 11.9. The van der Waals surface area contributed by atoms with Crippen molar-refractivity contribution in [2.24, 2.45) is 11.8 Å². The van der Waals surface area contributed by atoms with Crippen molar-refractivity contribution in [2.45, 2.75) is 188 Å². The molecule has 0 unspecified atom stereocenters. The molecular weight excluding hydrogens is 500 g/mol. The Morgan fingerprint density at radius 1 is 0.450 bits per heavy atom. The van der Waals surface area contributed by atoms with Crippen molar-refractivity contribution in [1.29, 1.82) is 0 Å². The van der Waals surface area contributed by atoms with Gasteiger partial charge in [0.15, 0.2) is 0 Å². The minimum atomic E-state index is -0.955. The van der Waals surface area contributed by atoms with Crippen LogP contribution in [0.1, 0.15) is 182 Å². The summed E-state index contributed by atoms with van der Waals surface area (Å²) < 4.78 is 10.3. The van der Waals surface area contributed by atoms with Crippen molar-refractivity contribution >= 4 is 11.9 Å². The van der Waals surface area contributed by atoms with Crippen LogP contribution in [0.2, 0.25) is 0 Å². The molecule has 0 aliphatic heterocycles. The molecule has 1 N–H and O–H groups in total. The molecule has 0 radical (unpaired) electrons. The number of carbonyl (C=O) groups excluding carboxylic acids is 2. The van der Waals surface area contributed by atoms with E-state index in [9.17, 15) is 14.7 Å². The van der Waals surface area contributed by atoms with Gasteiger partial charge in [0.25, 0.3) is 0 Å². The first-order valence-corrected chi connectivity index (χ1v) is 17.3. The van der Waals surface area contributed by atoms with Crippen LogP contribution in [0.4, 0.5) is 0 Å². The van der Waals surface area contributed by atoms with E-state index in [-0.39, 0.29) is 25.2 Å². The van der Waals surface area contributed by atoms with Crippen LogP contribution in [0.5, 0.6) is 0 Å². The number of rotatable bonds is 30. The van der Waals surface area contributed by atoms with Crippen LogP contribution in [0.15, 0.2) is 0 Å². The van der Waals surface area contributed by atoms with Crippen molar-refractivity contribution in [3.05, 3.63) is 0 Å². The maximum Gasteiger partial charge on any atom is 0.305 e. The van der Waals surface area contributed by atoms with Gasteiger partial charge in [-0.1, -0.05) is 156 Å². The van der Waals surface area contributed by atoms with Crippen LogP contribution in [0.25, 0.3) is 0 Å². The molecule has 0 fully saturated rings. The number of unbranched alkanes of at least 4 members (excludes halogenated alkanes) is 18. The third-order valence-corrected chi connectivity index (χ3v) is 7.70. The topological polar surface area (TPSA) is 72.8 Å². The van der Waals surface area contributed by atoms with Gasteiger partial charge in [0.1, 0.15) is 19.3 Å². The smallest absolute Gasteiger partial charge is 0.305 e. The lowest BCUT2D eigenvalue weighted by molar-refractivity contribution is -0.152. The average Bonchev–Trinajstić information content (AvgIpc) is 2.91. The molecule has 0 aliphatic carbocycles. The normalized spacial score (nSPS) is 12.3. The molecule has 0 saturated heterocycles. The molecule has 0 aromatic carbocycles. The summed E-state index contributed by atoms with van der Waals surface area (Å²) in [4.78, 5) is 23.7. The molecule has 0 aromatic rings. The van der Waals surface area contributed by atoms with Gasteiger partial charge in [-0.05, 0) is 24.7 Å². The largest absolute Gasteiger partial charge is 0.463 e. The zero-order chi connectivity index (χ0) is 29.7. The molecule has 0 aliphatic rings. The van der Waals surface area contributed by atoms with Crippen LogP contribution < -0.4 is 0 Å². The quantitative estimate of drug-likeness (QED) is 0.0689. The van der Waals surface area contributed by atoms with E-state index in [2.05, 4.69) is 27.7 Å². The molecule has 0 aromatic heterocycles. The van der Waals surface area contributed by atoms with Crippen LogP contribution in [0, 0.1) is 11.8 Å². The number of aliphatic hydroxyl groups is 1. The van der Waals surface area contributed by atoms with Gasteiger partial charge in [0.05, 0.1) is 0 Å². The number of hydrogen-bond donors (Lipinski definition) is 1. The zero-order valence-electron chi connectivity index (χ0n) is 27.2. The van der Waals surface area contributed by atoms with Crippen molar-refractivity contribution in [2.75, 3.05) is 13.2 Å². The zero-order valence-corrected chi connectivity index (χ0v) is 27.2. The monoisotopic (exact) mass is 569 g/mol. The Kier molecular flexibility index (Phi) is 28.6. The highest BCUT2D eigenvalue weighted by molar-refractivity contribution is 5.69. The van der Waals surface area contributed by atoms with Gasteiger partial charge in [0.2, 0.25) is 0 Å². The fourth-order valence-electron chi connectivity index (χ4n) is 5.04. The Labute approximate surface area is 248 Å². The van der Waals surface area contributed by atoms with Gasteiger partial charge < -0.3 is 14.6 Å². The van der Waals surface area contributed by atoms with Gasteiger partial charge in [-0.15, -0.1) is 0 Å². The van der Waals surface area contributed by atoms with Crippen molar-refractivity contribution in [1.82, 2.24) is 0 Å². The molecule has 0 rings (SSSR count). The number of aliphatic hydroxyl groups excluding tert-OH is 1. The summed E-state index contributed by atoms with van der Waals surface area (Å²) in [5.74, 6) is 1.07. The summed E-state index contributed by atoms with van der Waals surface area (Å²) in [5.41, 5.74) is 0. The highest BCUT2D eigenvalue weighted by atomic mass is 16.6. The van der Waals surface area contributed by atoms with Gasteiger partial charge in [-0.25, -0.2) is 0 Å². The van der Waals surface area contributed by atoms with E-state index >= 15 is 0 Å². The van der Waals surface area contributed by atoms with Gasteiger partial charge in [-0.3, -0.25) is 9.59 Å². The predicted octanol–water partition coefficient (Wildman–Crippen LogP) is 10.1. The lowest BCUT2D eigenvalue weighted by atomic mass is 10.0.